The van der Waals surface area contributed by atoms with Gasteiger partial charge in [-0.05, 0) is 37.0 Å². The molecule has 0 bridgehead atoms. The Bertz CT molecular complexity index is 1040. The van der Waals surface area contributed by atoms with Crippen LogP contribution in [0.25, 0.3) is 0 Å². The number of anilines is 1. The van der Waals surface area contributed by atoms with Crippen molar-refractivity contribution in [2.24, 2.45) is 0 Å². The fourth-order valence-corrected chi connectivity index (χ4v) is 2.71. The standard InChI is InChI=1S/C16H13Cl2N5O4/c1-8-5-14(23(25)26)20-22(8)7-11-9(2)27-21-15(11)16(24)19-10-3-4-12(17)13(18)6-10/h3-6H,7H2,1-2H3,(H,19,24). The molecular weight excluding hydrogens is 397 g/mol. The average molecular weight is 410 g/mol. The lowest BCUT2D eigenvalue weighted by molar-refractivity contribution is -0.389. The van der Waals surface area contributed by atoms with E-state index in [9.17, 15) is 14.9 Å². The maximum absolute atomic E-state index is 12.6. The molecule has 0 saturated carbocycles. The summed E-state index contributed by atoms with van der Waals surface area (Å²) in [4.78, 5) is 22.9. The minimum atomic E-state index is -0.581. The average Bonchev–Trinajstić information content (AvgIpc) is 3.15. The Hall–Kier alpha value is -2.91. The van der Waals surface area contributed by atoms with Gasteiger partial charge in [0.15, 0.2) is 5.69 Å². The molecule has 11 heteroatoms. The summed E-state index contributed by atoms with van der Waals surface area (Å²) >= 11 is 11.8. The number of nitro groups is 1. The molecule has 0 atom stereocenters. The van der Waals surface area contributed by atoms with Crippen LogP contribution in [0.2, 0.25) is 10.0 Å². The van der Waals surface area contributed by atoms with Crippen LogP contribution in [0, 0.1) is 24.0 Å². The Balaban J connectivity index is 1.86. The Kier molecular flexibility index (Phi) is 5.15. The minimum absolute atomic E-state index is 0.0520. The SMILES string of the molecule is Cc1onc(C(=O)Nc2ccc(Cl)c(Cl)c2)c1Cn1nc([N+](=O)[O-])cc1C. The smallest absolute Gasteiger partial charge is 0.361 e. The summed E-state index contributed by atoms with van der Waals surface area (Å²) in [6.45, 7) is 3.42. The molecule has 3 aromatic rings. The van der Waals surface area contributed by atoms with E-state index in [1.165, 1.54) is 16.8 Å². The molecule has 0 aliphatic rings. The van der Waals surface area contributed by atoms with Crippen LogP contribution in [-0.4, -0.2) is 25.8 Å². The number of benzene rings is 1. The highest BCUT2D eigenvalue weighted by molar-refractivity contribution is 6.42. The van der Waals surface area contributed by atoms with Crippen LogP contribution in [-0.2, 0) is 6.54 Å². The van der Waals surface area contributed by atoms with E-state index in [4.69, 9.17) is 27.7 Å². The van der Waals surface area contributed by atoms with E-state index < -0.39 is 10.8 Å². The summed E-state index contributed by atoms with van der Waals surface area (Å²) in [6.07, 6.45) is 0. The van der Waals surface area contributed by atoms with Crippen molar-refractivity contribution in [2.45, 2.75) is 20.4 Å². The fourth-order valence-electron chi connectivity index (χ4n) is 2.41. The largest absolute Gasteiger partial charge is 0.390 e. The predicted octanol–water partition coefficient (Wildman–Crippen LogP) is 4.00. The molecule has 2 heterocycles. The molecule has 9 nitrogen and oxygen atoms in total. The van der Waals surface area contributed by atoms with Crippen molar-refractivity contribution in [3.63, 3.8) is 0 Å². The lowest BCUT2D eigenvalue weighted by Gasteiger charge is -2.06. The lowest BCUT2D eigenvalue weighted by Crippen LogP contribution is -2.16. The van der Waals surface area contributed by atoms with Crippen molar-refractivity contribution < 1.29 is 14.2 Å². The summed E-state index contributed by atoms with van der Waals surface area (Å²) in [6, 6.07) is 6.01. The number of aryl methyl sites for hydroxylation is 2. The van der Waals surface area contributed by atoms with Gasteiger partial charge in [-0.15, -0.1) is 0 Å². The molecule has 0 fully saturated rings. The van der Waals surface area contributed by atoms with Crippen molar-refractivity contribution in [1.29, 1.82) is 0 Å². The molecule has 2 aromatic heterocycles. The summed E-state index contributed by atoms with van der Waals surface area (Å²) in [5.74, 6) is -0.380. The van der Waals surface area contributed by atoms with Crippen molar-refractivity contribution in [2.75, 3.05) is 5.32 Å². The first kappa shape index (κ1) is 18.9. The van der Waals surface area contributed by atoms with Crippen LogP contribution in [0.1, 0.15) is 27.5 Å². The van der Waals surface area contributed by atoms with Crippen LogP contribution in [0.15, 0.2) is 28.8 Å². The molecule has 0 unspecified atom stereocenters. The fraction of sp³-hybridized carbons (Fsp3) is 0.188. The van der Waals surface area contributed by atoms with Gasteiger partial charge in [0, 0.05) is 5.69 Å². The number of nitrogens with one attached hydrogen (secondary N) is 1. The normalized spacial score (nSPS) is 10.8. The Morgan fingerprint density at radius 3 is 2.67 bits per heavy atom. The van der Waals surface area contributed by atoms with E-state index in [0.29, 0.717) is 32.8 Å². The van der Waals surface area contributed by atoms with E-state index in [1.54, 1.807) is 26.0 Å². The number of aromatic nitrogens is 3. The number of hydrogen-bond donors (Lipinski definition) is 1. The summed E-state index contributed by atoms with van der Waals surface area (Å²) < 4.78 is 6.54. The van der Waals surface area contributed by atoms with Gasteiger partial charge in [0.05, 0.1) is 39.0 Å². The molecule has 0 saturated heterocycles. The van der Waals surface area contributed by atoms with Gasteiger partial charge in [-0.3, -0.25) is 4.79 Å². The van der Waals surface area contributed by atoms with Gasteiger partial charge in [-0.2, -0.15) is 4.68 Å². The third-order valence-corrected chi connectivity index (χ3v) is 4.58. The van der Waals surface area contributed by atoms with Crippen LogP contribution >= 0.6 is 23.2 Å². The molecule has 1 amide bonds. The van der Waals surface area contributed by atoms with Gasteiger partial charge in [-0.1, -0.05) is 28.4 Å². The molecule has 0 aliphatic heterocycles. The molecule has 27 heavy (non-hydrogen) atoms. The van der Waals surface area contributed by atoms with E-state index in [2.05, 4.69) is 15.6 Å². The van der Waals surface area contributed by atoms with Crippen molar-refractivity contribution in [1.82, 2.24) is 14.9 Å². The van der Waals surface area contributed by atoms with Crippen LogP contribution in [0.4, 0.5) is 11.5 Å². The molecule has 1 aromatic carbocycles. The first-order valence-corrected chi connectivity index (χ1v) is 8.42. The number of carbonyl (C=O) groups is 1. The second-order valence-electron chi connectivity index (χ2n) is 5.71. The minimum Gasteiger partial charge on any atom is -0.361 e. The number of halogens is 2. The Morgan fingerprint density at radius 2 is 2.04 bits per heavy atom. The highest BCUT2D eigenvalue weighted by Gasteiger charge is 2.24. The molecule has 3 rings (SSSR count). The van der Waals surface area contributed by atoms with Crippen LogP contribution < -0.4 is 5.32 Å². The van der Waals surface area contributed by atoms with E-state index in [0.717, 1.165) is 0 Å². The zero-order chi connectivity index (χ0) is 19.7. The number of nitrogens with zero attached hydrogens (tertiary/aromatic N) is 4. The summed E-state index contributed by atoms with van der Waals surface area (Å²) in [5.41, 5.74) is 1.52. The number of amides is 1. The highest BCUT2D eigenvalue weighted by Crippen LogP contribution is 2.26. The van der Waals surface area contributed by atoms with Gasteiger partial charge in [-0.25, -0.2) is 0 Å². The second kappa shape index (κ2) is 7.37. The van der Waals surface area contributed by atoms with E-state index >= 15 is 0 Å². The van der Waals surface area contributed by atoms with Gasteiger partial charge < -0.3 is 20.0 Å². The second-order valence-corrected chi connectivity index (χ2v) is 6.52. The quantitative estimate of drug-likeness (QED) is 0.502. The summed E-state index contributed by atoms with van der Waals surface area (Å²) in [7, 11) is 0. The zero-order valence-electron chi connectivity index (χ0n) is 14.2. The molecule has 140 valence electrons. The van der Waals surface area contributed by atoms with Crippen LogP contribution in [0.5, 0.6) is 0 Å². The monoisotopic (exact) mass is 409 g/mol. The highest BCUT2D eigenvalue weighted by atomic mass is 35.5. The van der Waals surface area contributed by atoms with Gasteiger partial charge >= 0.3 is 5.82 Å². The van der Waals surface area contributed by atoms with Crippen molar-refractivity contribution in [3.05, 3.63) is 67.1 Å². The Labute approximate surface area is 163 Å². The van der Waals surface area contributed by atoms with Crippen molar-refractivity contribution >= 4 is 40.6 Å². The number of hydrogen-bond acceptors (Lipinski definition) is 6. The number of carbonyl (C=O) groups excluding carboxylic acids is 1. The third kappa shape index (κ3) is 3.93. The third-order valence-electron chi connectivity index (χ3n) is 3.84. The number of rotatable bonds is 5. The van der Waals surface area contributed by atoms with E-state index in [-0.39, 0.29) is 18.1 Å². The molecule has 1 N–H and O–H groups in total. The lowest BCUT2D eigenvalue weighted by atomic mass is 10.1. The first-order chi connectivity index (χ1) is 12.8. The summed E-state index contributed by atoms with van der Waals surface area (Å²) in [5, 5.41) is 21.9. The maximum Gasteiger partial charge on any atom is 0.390 e. The maximum atomic E-state index is 12.6. The van der Waals surface area contributed by atoms with Gasteiger partial charge in [0.25, 0.3) is 5.91 Å². The van der Waals surface area contributed by atoms with E-state index in [1.807, 2.05) is 0 Å². The van der Waals surface area contributed by atoms with Crippen molar-refractivity contribution in [3.8, 4) is 0 Å². The molecular formula is C16H13Cl2N5O4. The molecule has 0 radical (unpaired) electrons. The molecule has 0 spiro atoms. The van der Waals surface area contributed by atoms with Crippen LogP contribution in [0.3, 0.4) is 0 Å². The Morgan fingerprint density at radius 1 is 1.30 bits per heavy atom. The predicted molar refractivity (Wildman–Crippen MR) is 98.4 cm³/mol. The van der Waals surface area contributed by atoms with Gasteiger partial charge in [0.1, 0.15) is 5.76 Å². The molecule has 0 aliphatic carbocycles. The topological polar surface area (TPSA) is 116 Å². The van der Waals surface area contributed by atoms with Gasteiger partial charge in [0.2, 0.25) is 0 Å². The first-order valence-electron chi connectivity index (χ1n) is 7.66. The zero-order valence-corrected chi connectivity index (χ0v) is 15.7.